The van der Waals surface area contributed by atoms with Crippen LogP contribution in [0.3, 0.4) is 0 Å². The first-order valence-corrected chi connectivity index (χ1v) is 27.7. The quantitative estimate of drug-likeness (QED) is 0.0262. The topological polar surface area (TPSA) is 78.9 Å². The van der Waals surface area contributed by atoms with E-state index >= 15 is 0 Å². The summed E-state index contributed by atoms with van der Waals surface area (Å²) in [5, 5.41) is 0. The molecule has 0 aliphatic rings. The molecule has 0 N–H and O–H groups in total. The minimum absolute atomic E-state index is 0.0662. The molecule has 0 aromatic carbocycles. The molecule has 0 aliphatic carbocycles. The Kier molecular flexibility index (Phi) is 50.2. The second-order valence-electron chi connectivity index (χ2n) is 18.9. The van der Waals surface area contributed by atoms with Crippen molar-refractivity contribution in [1.82, 2.24) is 0 Å². The number of allylic oxidation sites excluding steroid dienone is 2. The third-order valence-corrected chi connectivity index (χ3v) is 12.5. The molecule has 1 unspecified atom stereocenters. The zero-order valence-electron chi connectivity index (χ0n) is 41.9. The summed E-state index contributed by atoms with van der Waals surface area (Å²) >= 11 is 0. The lowest BCUT2D eigenvalue weighted by atomic mass is 10.0. The Hall–Kier alpha value is -1.85. The van der Waals surface area contributed by atoms with Gasteiger partial charge in [-0.25, -0.2) is 0 Å². The van der Waals surface area contributed by atoms with Crippen LogP contribution in [0.15, 0.2) is 12.2 Å². The van der Waals surface area contributed by atoms with E-state index in [2.05, 4.69) is 32.9 Å². The fraction of sp³-hybridized carbons (Fsp3) is 0.911. The fourth-order valence-corrected chi connectivity index (χ4v) is 8.32. The molecule has 1 atom stereocenters. The number of hydrogen-bond acceptors (Lipinski definition) is 6. The van der Waals surface area contributed by atoms with E-state index in [1.54, 1.807) is 0 Å². The van der Waals surface area contributed by atoms with Gasteiger partial charge in [0.15, 0.2) is 6.10 Å². The van der Waals surface area contributed by atoms with Gasteiger partial charge in [-0.2, -0.15) is 0 Å². The van der Waals surface area contributed by atoms with Gasteiger partial charge >= 0.3 is 17.9 Å². The van der Waals surface area contributed by atoms with E-state index < -0.39 is 6.10 Å². The fourth-order valence-electron chi connectivity index (χ4n) is 8.32. The summed E-state index contributed by atoms with van der Waals surface area (Å²) in [6.07, 6.45) is 57.7. The minimum atomic E-state index is -0.764. The predicted molar refractivity (Wildman–Crippen MR) is 266 cm³/mol. The Balaban J connectivity index is 4.25. The van der Waals surface area contributed by atoms with Gasteiger partial charge in [0.2, 0.25) is 0 Å². The van der Waals surface area contributed by atoms with Crippen LogP contribution in [-0.4, -0.2) is 37.2 Å². The Morgan fingerprint density at radius 3 is 0.806 bits per heavy atom. The van der Waals surface area contributed by atoms with Crippen LogP contribution < -0.4 is 0 Å². The molecule has 0 spiro atoms. The molecule has 0 aromatic rings. The maximum Gasteiger partial charge on any atom is 0.306 e. The van der Waals surface area contributed by atoms with Crippen molar-refractivity contribution in [1.29, 1.82) is 0 Å². The summed E-state index contributed by atoms with van der Waals surface area (Å²) in [6.45, 7) is 6.66. The number of ether oxygens (including phenoxy) is 3. The maximum atomic E-state index is 12.8. The van der Waals surface area contributed by atoms with Gasteiger partial charge in [-0.1, -0.05) is 258 Å². The first-order chi connectivity index (χ1) is 30.5. The van der Waals surface area contributed by atoms with Gasteiger partial charge in [0.05, 0.1) is 0 Å². The Morgan fingerprint density at radius 1 is 0.306 bits per heavy atom. The van der Waals surface area contributed by atoms with Gasteiger partial charge in [-0.05, 0) is 44.9 Å². The van der Waals surface area contributed by atoms with Crippen molar-refractivity contribution in [3.8, 4) is 0 Å². The summed E-state index contributed by atoms with van der Waals surface area (Å²) in [5.41, 5.74) is 0. The molecule has 0 saturated carbocycles. The lowest BCUT2D eigenvalue weighted by molar-refractivity contribution is -0.167. The highest BCUT2D eigenvalue weighted by atomic mass is 16.6. The maximum absolute atomic E-state index is 12.8. The van der Waals surface area contributed by atoms with Crippen molar-refractivity contribution < 1.29 is 28.6 Å². The summed E-state index contributed by atoms with van der Waals surface area (Å²) in [7, 11) is 0. The van der Waals surface area contributed by atoms with Crippen LogP contribution in [0.4, 0.5) is 0 Å². The second kappa shape index (κ2) is 51.8. The summed E-state index contributed by atoms with van der Waals surface area (Å²) in [4.78, 5) is 38.0. The zero-order chi connectivity index (χ0) is 45.1. The monoisotopic (exact) mass is 875 g/mol. The van der Waals surface area contributed by atoms with Gasteiger partial charge in [-0.15, -0.1) is 0 Å². The summed E-state index contributed by atoms with van der Waals surface area (Å²) < 4.78 is 16.8. The number of carbonyl (C=O) groups is 3. The van der Waals surface area contributed by atoms with Gasteiger partial charge in [0.25, 0.3) is 0 Å². The van der Waals surface area contributed by atoms with Gasteiger partial charge in [0.1, 0.15) is 13.2 Å². The van der Waals surface area contributed by atoms with Crippen LogP contribution in [0.25, 0.3) is 0 Å². The molecule has 0 bridgehead atoms. The summed E-state index contributed by atoms with van der Waals surface area (Å²) in [6, 6.07) is 0. The van der Waals surface area contributed by atoms with E-state index in [4.69, 9.17) is 14.2 Å². The number of hydrogen-bond donors (Lipinski definition) is 0. The lowest BCUT2D eigenvalue weighted by Crippen LogP contribution is -2.30. The van der Waals surface area contributed by atoms with Crippen molar-refractivity contribution in [3.63, 3.8) is 0 Å². The first-order valence-electron chi connectivity index (χ1n) is 27.7. The highest BCUT2D eigenvalue weighted by Crippen LogP contribution is 2.17. The van der Waals surface area contributed by atoms with Gasteiger partial charge in [0, 0.05) is 19.3 Å². The molecular weight excluding hydrogens is 769 g/mol. The summed E-state index contributed by atoms with van der Waals surface area (Å²) in [5.74, 6) is -0.853. The van der Waals surface area contributed by atoms with Gasteiger partial charge in [-0.3, -0.25) is 14.4 Å². The number of rotatable bonds is 51. The van der Waals surface area contributed by atoms with Crippen molar-refractivity contribution in [2.75, 3.05) is 13.2 Å². The molecule has 62 heavy (non-hydrogen) atoms. The molecule has 0 saturated heterocycles. The highest BCUT2D eigenvalue weighted by molar-refractivity contribution is 5.71. The average molecular weight is 875 g/mol. The smallest absolute Gasteiger partial charge is 0.306 e. The van der Waals surface area contributed by atoms with E-state index in [1.165, 1.54) is 212 Å². The molecule has 0 heterocycles. The van der Waals surface area contributed by atoms with Crippen LogP contribution in [0.2, 0.25) is 0 Å². The third kappa shape index (κ3) is 49.2. The third-order valence-electron chi connectivity index (χ3n) is 12.5. The van der Waals surface area contributed by atoms with Crippen molar-refractivity contribution >= 4 is 17.9 Å². The van der Waals surface area contributed by atoms with Crippen molar-refractivity contribution in [2.24, 2.45) is 0 Å². The molecule has 0 amide bonds. The molecule has 0 aliphatic heterocycles. The van der Waals surface area contributed by atoms with E-state index in [0.29, 0.717) is 19.3 Å². The first kappa shape index (κ1) is 60.2. The minimum Gasteiger partial charge on any atom is -0.462 e. The van der Waals surface area contributed by atoms with Crippen LogP contribution in [0.5, 0.6) is 0 Å². The van der Waals surface area contributed by atoms with Crippen molar-refractivity contribution in [3.05, 3.63) is 12.2 Å². The van der Waals surface area contributed by atoms with E-state index in [-0.39, 0.29) is 31.1 Å². The van der Waals surface area contributed by atoms with E-state index in [1.807, 2.05) is 0 Å². The average Bonchev–Trinajstić information content (AvgIpc) is 3.27. The van der Waals surface area contributed by atoms with Crippen LogP contribution >= 0.6 is 0 Å². The number of carbonyl (C=O) groups excluding carboxylic acids is 3. The molecule has 0 aromatic heterocycles. The zero-order valence-corrected chi connectivity index (χ0v) is 41.9. The number of unbranched alkanes of at least 4 members (excludes halogenated alkanes) is 38. The lowest BCUT2D eigenvalue weighted by Gasteiger charge is -2.18. The molecule has 6 heteroatoms. The van der Waals surface area contributed by atoms with Crippen LogP contribution in [-0.2, 0) is 28.6 Å². The molecule has 6 nitrogen and oxygen atoms in total. The molecule has 0 radical (unpaired) electrons. The van der Waals surface area contributed by atoms with Crippen LogP contribution in [0.1, 0.15) is 310 Å². The largest absolute Gasteiger partial charge is 0.462 e. The highest BCUT2D eigenvalue weighted by Gasteiger charge is 2.19. The Bertz CT molecular complexity index is 962. The number of esters is 3. The molecule has 0 fully saturated rings. The van der Waals surface area contributed by atoms with E-state index in [9.17, 15) is 14.4 Å². The van der Waals surface area contributed by atoms with Crippen molar-refractivity contribution in [2.45, 2.75) is 316 Å². The van der Waals surface area contributed by atoms with Gasteiger partial charge < -0.3 is 14.2 Å². The standard InChI is InChI=1S/C56H106O6/c1-4-7-10-13-16-19-21-23-25-27-29-30-32-34-37-40-43-46-49-55(58)61-52-53(51-60-54(57)48-45-42-39-36-18-15-12-9-6-3)62-56(59)50-47-44-41-38-35-33-31-28-26-24-22-20-17-14-11-8-5-2/h25,27,53H,4-24,26,28-52H2,1-3H3/b27-25-. The Labute approximate surface area is 386 Å². The molecule has 0 rings (SSSR count). The Morgan fingerprint density at radius 2 is 0.532 bits per heavy atom. The second-order valence-corrected chi connectivity index (χ2v) is 18.9. The molecule has 366 valence electrons. The predicted octanol–water partition coefficient (Wildman–Crippen LogP) is 18.2. The van der Waals surface area contributed by atoms with E-state index in [0.717, 1.165) is 57.8 Å². The van der Waals surface area contributed by atoms with Crippen LogP contribution in [0, 0.1) is 0 Å². The SMILES string of the molecule is CCCCCCCCC/C=C\CCCCCCCCCC(=O)OCC(COC(=O)CCCCCCCCCCC)OC(=O)CCCCCCCCCCCCCCCCCCC. The normalized spacial score (nSPS) is 12.0. The molecular formula is C56H106O6.